The van der Waals surface area contributed by atoms with Gasteiger partial charge in [-0.15, -0.1) is 0 Å². The molecule has 0 N–H and O–H groups in total. The van der Waals surface area contributed by atoms with E-state index in [1.807, 2.05) is 31.2 Å². The molecule has 1 nitrogen and oxygen atoms in total. The third-order valence-electron chi connectivity index (χ3n) is 1.28. The molecule has 0 bridgehead atoms. The quantitative estimate of drug-likeness (QED) is 0.549. The minimum atomic E-state index is 0.0950. The van der Waals surface area contributed by atoms with E-state index in [4.69, 9.17) is 0 Å². The predicted octanol–water partition coefficient (Wildman–Crippen LogP) is 2.57. The van der Waals surface area contributed by atoms with Crippen molar-refractivity contribution in [3.05, 3.63) is 35.4 Å². The van der Waals surface area contributed by atoms with Crippen molar-refractivity contribution >= 4 is 26.4 Å². The van der Waals surface area contributed by atoms with Gasteiger partial charge in [-0.1, -0.05) is 29.8 Å². The number of hydrogen-bond acceptors (Lipinski definition) is 1. The molecule has 10 heavy (non-hydrogen) atoms. The smallest absolute Gasteiger partial charge is 0.222 e. The first kappa shape index (κ1) is 7.72. The van der Waals surface area contributed by atoms with Crippen molar-refractivity contribution < 1.29 is 4.79 Å². The molecule has 0 saturated carbocycles. The summed E-state index contributed by atoms with van der Waals surface area (Å²) in [6.45, 7) is 2.00. The molecular formula is C8H7IO. The number of hydrogen-bond donors (Lipinski definition) is 0. The first-order valence-electron chi connectivity index (χ1n) is 2.96. The third kappa shape index (κ3) is 1.80. The van der Waals surface area contributed by atoms with Gasteiger partial charge >= 0.3 is 0 Å². The Bertz CT molecular complexity index is 238. The fraction of sp³-hybridized carbons (Fsp3) is 0.125. The maximum atomic E-state index is 10.7. The fourth-order valence-electron chi connectivity index (χ4n) is 0.685. The van der Waals surface area contributed by atoms with Crippen LogP contribution in [0.4, 0.5) is 0 Å². The van der Waals surface area contributed by atoms with Crippen LogP contribution < -0.4 is 0 Å². The Morgan fingerprint density at radius 3 is 2.20 bits per heavy atom. The van der Waals surface area contributed by atoms with Crippen molar-refractivity contribution in [2.75, 3.05) is 0 Å². The first-order chi connectivity index (χ1) is 4.70. The van der Waals surface area contributed by atoms with Crippen LogP contribution in [0.25, 0.3) is 0 Å². The summed E-state index contributed by atoms with van der Waals surface area (Å²) < 4.78 is 0.0950. The summed E-state index contributed by atoms with van der Waals surface area (Å²) >= 11 is 1.78. The van der Waals surface area contributed by atoms with E-state index in [1.54, 1.807) is 22.6 Å². The molecule has 0 spiro atoms. The van der Waals surface area contributed by atoms with Crippen LogP contribution in [0, 0.1) is 6.92 Å². The maximum Gasteiger partial charge on any atom is 0.222 e. The van der Waals surface area contributed by atoms with Gasteiger partial charge in [-0.2, -0.15) is 0 Å². The molecule has 0 aliphatic carbocycles. The molecule has 0 saturated heterocycles. The summed E-state index contributed by atoms with van der Waals surface area (Å²) in [6, 6.07) is 7.55. The van der Waals surface area contributed by atoms with E-state index in [0.29, 0.717) is 0 Å². The van der Waals surface area contributed by atoms with Gasteiger partial charge in [0.2, 0.25) is 3.79 Å². The monoisotopic (exact) mass is 246 g/mol. The molecule has 52 valence electrons. The number of rotatable bonds is 1. The van der Waals surface area contributed by atoms with E-state index in [0.717, 1.165) is 5.56 Å². The van der Waals surface area contributed by atoms with Gasteiger partial charge in [0, 0.05) is 28.2 Å². The van der Waals surface area contributed by atoms with Crippen molar-refractivity contribution in [3.8, 4) is 0 Å². The molecule has 0 aliphatic rings. The second kappa shape index (κ2) is 3.14. The van der Waals surface area contributed by atoms with Crippen LogP contribution in [0.15, 0.2) is 24.3 Å². The average Bonchev–Trinajstić information content (AvgIpc) is 1.88. The van der Waals surface area contributed by atoms with Gasteiger partial charge < -0.3 is 0 Å². The number of carbonyl (C=O) groups excluding carboxylic acids is 1. The Kier molecular flexibility index (Phi) is 2.43. The second-order valence-electron chi connectivity index (χ2n) is 2.14. The number of carbonyl (C=O) groups is 1. The average molecular weight is 246 g/mol. The van der Waals surface area contributed by atoms with Crippen molar-refractivity contribution in [1.82, 2.24) is 0 Å². The Morgan fingerprint density at radius 1 is 1.30 bits per heavy atom. The highest BCUT2D eigenvalue weighted by Crippen LogP contribution is 2.06. The lowest BCUT2D eigenvalue weighted by molar-refractivity contribution is 0.110. The van der Waals surface area contributed by atoms with E-state index < -0.39 is 0 Å². The third-order valence-corrected chi connectivity index (χ3v) is 1.90. The van der Waals surface area contributed by atoms with Gasteiger partial charge in [-0.3, -0.25) is 4.79 Å². The number of aryl methyl sites for hydroxylation is 1. The Balaban J connectivity index is 3.00. The highest BCUT2D eigenvalue weighted by Gasteiger charge is 1.97. The minimum Gasteiger partial charge on any atom is -0.282 e. The number of benzene rings is 1. The Hall–Kier alpha value is -0.380. The van der Waals surface area contributed by atoms with Crippen LogP contribution in [0.5, 0.6) is 0 Å². The Labute approximate surface area is 73.6 Å². The Morgan fingerprint density at radius 2 is 1.80 bits per heavy atom. The highest BCUT2D eigenvalue weighted by atomic mass is 127. The summed E-state index contributed by atoms with van der Waals surface area (Å²) in [6.07, 6.45) is 0. The molecule has 0 unspecified atom stereocenters. The minimum absolute atomic E-state index is 0.0950. The van der Waals surface area contributed by atoms with Gasteiger partial charge in [-0.25, -0.2) is 0 Å². The number of halogens is 1. The SMILES string of the molecule is Cc1ccc(C(=O)I)cc1. The molecular weight excluding hydrogens is 239 g/mol. The van der Waals surface area contributed by atoms with E-state index >= 15 is 0 Å². The predicted molar refractivity (Wildman–Crippen MR) is 49.5 cm³/mol. The lowest BCUT2D eigenvalue weighted by atomic mass is 10.2. The molecule has 1 aromatic carbocycles. The summed E-state index contributed by atoms with van der Waals surface area (Å²) in [5.41, 5.74) is 1.95. The molecule has 0 aliphatic heterocycles. The van der Waals surface area contributed by atoms with Crippen LogP contribution >= 0.6 is 22.6 Å². The van der Waals surface area contributed by atoms with Gasteiger partial charge in [0.05, 0.1) is 0 Å². The van der Waals surface area contributed by atoms with Crippen LogP contribution in [0.2, 0.25) is 0 Å². The molecule has 1 aromatic rings. The fourth-order valence-corrected chi connectivity index (χ4v) is 1.04. The van der Waals surface area contributed by atoms with Crippen LogP contribution in [-0.2, 0) is 0 Å². The summed E-state index contributed by atoms with van der Waals surface area (Å²) in [4.78, 5) is 10.7. The largest absolute Gasteiger partial charge is 0.282 e. The van der Waals surface area contributed by atoms with Gasteiger partial charge in [0.25, 0.3) is 0 Å². The van der Waals surface area contributed by atoms with Crippen molar-refractivity contribution in [2.45, 2.75) is 6.92 Å². The molecule has 0 atom stereocenters. The molecule has 0 aromatic heterocycles. The highest BCUT2D eigenvalue weighted by molar-refractivity contribution is 14.1. The zero-order chi connectivity index (χ0) is 7.56. The molecule has 0 fully saturated rings. The first-order valence-corrected chi connectivity index (χ1v) is 4.04. The van der Waals surface area contributed by atoms with Gasteiger partial charge in [0.1, 0.15) is 0 Å². The van der Waals surface area contributed by atoms with E-state index in [-0.39, 0.29) is 3.79 Å². The van der Waals surface area contributed by atoms with E-state index in [1.165, 1.54) is 5.56 Å². The molecule has 0 amide bonds. The lowest BCUT2D eigenvalue weighted by Crippen LogP contribution is -1.85. The van der Waals surface area contributed by atoms with E-state index in [2.05, 4.69) is 0 Å². The molecule has 0 radical (unpaired) electrons. The van der Waals surface area contributed by atoms with E-state index in [9.17, 15) is 4.79 Å². The second-order valence-corrected chi connectivity index (χ2v) is 3.12. The maximum absolute atomic E-state index is 10.7. The molecule has 1 rings (SSSR count). The summed E-state index contributed by atoms with van der Waals surface area (Å²) in [5, 5.41) is 0. The van der Waals surface area contributed by atoms with Crippen molar-refractivity contribution in [3.63, 3.8) is 0 Å². The normalized spacial score (nSPS) is 9.40. The van der Waals surface area contributed by atoms with Crippen molar-refractivity contribution in [1.29, 1.82) is 0 Å². The van der Waals surface area contributed by atoms with Crippen LogP contribution in [0.3, 0.4) is 0 Å². The van der Waals surface area contributed by atoms with Gasteiger partial charge in [0.15, 0.2) is 0 Å². The zero-order valence-corrected chi connectivity index (χ0v) is 7.75. The van der Waals surface area contributed by atoms with Gasteiger partial charge in [-0.05, 0) is 6.92 Å². The van der Waals surface area contributed by atoms with Crippen LogP contribution in [-0.4, -0.2) is 3.79 Å². The standard InChI is InChI=1S/C8H7IO/c1-6-2-4-7(5-3-6)8(9)10/h2-5H,1H3. The zero-order valence-electron chi connectivity index (χ0n) is 5.60. The molecule has 0 heterocycles. The lowest BCUT2D eigenvalue weighted by Gasteiger charge is -1.92. The van der Waals surface area contributed by atoms with Crippen LogP contribution in [0.1, 0.15) is 15.9 Å². The summed E-state index contributed by atoms with van der Waals surface area (Å²) in [5.74, 6) is 0. The topological polar surface area (TPSA) is 17.1 Å². The van der Waals surface area contributed by atoms with Crippen molar-refractivity contribution in [2.24, 2.45) is 0 Å². The summed E-state index contributed by atoms with van der Waals surface area (Å²) in [7, 11) is 0. The molecule has 2 heteroatoms.